The number of esters is 2. The van der Waals surface area contributed by atoms with Crippen molar-refractivity contribution in [1.82, 2.24) is 0 Å². The SMILES string of the molecule is CC1=C/C(=C/[C@@H](C)C(=O)[C@]2(C)CC[C@]3(O)O[C@@]4(C2)C[C@]25OC(=O)C[C@H]2O[C@@](C)(CO)[C@@H]5CC[C@H]4C3=O)OC1=O. The fourth-order valence-electron chi connectivity index (χ4n) is 8.54. The quantitative estimate of drug-likeness (QED) is 0.504. The minimum Gasteiger partial charge on any atom is -0.456 e. The van der Waals surface area contributed by atoms with Gasteiger partial charge in [-0.3, -0.25) is 14.4 Å². The van der Waals surface area contributed by atoms with E-state index in [9.17, 15) is 29.4 Å². The maximum absolute atomic E-state index is 14.0. The summed E-state index contributed by atoms with van der Waals surface area (Å²) in [5.74, 6) is -4.78. The van der Waals surface area contributed by atoms with E-state index >= 15 is 0 Å². The molecular weight excluding hydrogens is 508 g/mol. The highest BCUT2D eigenvalue weighted by molar-refractivity contribution is 5.94. The Balaban J connectivity index is 1.39. The van der Waals surface area contributed by atoms with E-state index in [1.54, 1.807) is 32.9 Å². The van der Waals surface area contributed by atoms with Gasteiger partial charge in [-0.2, -0.15) is 0 Å². The number of aliphatic hydroxyl groups is 2. The average Bonchev–Trinajstić information content (AvgIpc) is 3.40. The van der Waals surface area contributed by atoms with Crippen LogP contribution in [0.15, 0.2) is 23.5 Å². The van der Waals surface area contributed by atoms with Crippen molar-refractivity contribution < 1.29 is 48.3 Å². The van der Waals surface area contributed by atoms with Crippen LogP contribution in [0, 0.1) is 23.2 Å². The number of aliphatic hydroxyl groups excluding tert-OH is 1. The summed E-state index contributed by atoms with van der Waals surface area (Å²) in [6.45, 7) is 6.74. The van der Waals surface area contributed by atoms with Crippen LogP contribution in [0.2, 0.25) is 0 Å². The van der Waals surface area contributed by atoms with Crippen molar-refractivity contribution in [3.05, 3.63) is 23.5 Å². The zero-order valence-electron chi connectivity index (χ0n) is 22.8. The van der Waals surface area contributed by atoms with Gasteiger partial charge in [0.05, 0.1) is 30.1 Å². The Morgan fingerprint density at radius 3 is 2.59 bits per heavy atom. The molecule has 0 radical (unpaired) electrons. The molecule has 4 saturated heterocycles. The zero-order chi connectivity index (χ0) is 28.2. The fraction of sp³-hybridized carbons (Fsp3) is 0.724. The van der Waals surface area contributed by atoms with E-state index in [1.165, 1.54) is 0 Å². The second-order valence-corrected chi connectivity index (χ2v) is 13.1. The molecule has 2 spiro atoms. The van der Waals surface area contributed by atoms with Gasteiger partial charge in [0.15, 0.2) is 5.78 Å². The van der Waals surface area contributed by atoms with Crippen LogP contribution in [0.4, 0.5) is 0 Å². The van der Waals surface area contributed by atoms with Crippen LogP contribution in [0.5, 0.6) is 0 Å². The molecule has 2 N–H and O–H groups in total. The van der Waals surface area contributed by atoms with Crippen LogP contribution in [0.1, 0.15) is 72.6 Å². The lowest BCUT2D eigenvalue weighted by Crippen LogP contribution is -2.53. The lowest BCUT2D eigenvalue weighted by atomic mass is 9.62. The van der Waals surface area contributed by atoms with Crippen molar-refractivity contribution in [2.45, 2.75) is 101 Å². The third-order valence-corrected chi connectivity index (χ3v) is 10.3. The van der Waals surface area contributed by atoms with Gasteiger partial charge in [-0.15, -0.1) is 0 Å². The molecule has 0 unspecified atom stereocenters. The molecule has 0 aromatic heterocycles. The van der Waals surface area contributed by atoms with Crippen molar-refractivity contribution >= 4 is 23.5 Å². The number of hydrogen-bond donors (Lipinski definition) is 2. The van der Waals surface area contributed by atoms with E-state index in [0.29, 0.717) is 24.2 Å². The molecule has 0 amide bonds. The number of rotatable bonds is 4. The molecule has 1 saturated carbocycles. The van der Waals surface area contributed by atoms with Gasteiger partial charge in [-0.1, -0.05) is 13.8 Å². The first-order chi connectivity index (χ1) is 18.2. The molecule has 5 heterocycles. The summed E-state index contributed by atoms with van der Waals surface area (Å²) in [6.07, 6.45) is 3.81. The molecule has 9 atom stereocenters. The molecule has 10 nitrogen and oxygen atoms in total. The Kier molecular flexibility index (Phi) is 5.71. The summed E-state index contributed by atoms with van der Waals surface area (Å²) in [4.78, 5) is 52.1. The van der Waals surface area contributed by atoms with E-state index in [-0.39, 0.29) is 50.4 Å². The van der Waals surface area contributed by atoms with E-state index < -0.39 is 63.7 Å². The molecule has 6 aliphatic rings. The van der Waals surface area contributed by atoms with E-state index in [2.05, 4.69) is 0 Å². The highest BCUT2D eigenvalue weighted by Crippen LogP contribution is 2.64. The number of allylic oxidation sites excluding steroid dienone is 2. The van der Waals surface area contributed by atoms with Crippen molar-refractivity contribution in [1.29, 1.82) is 0 Å². The van der Waals surface area contributed by atoms with Crippen molar-refractivity contribution in [3.63, 3.8) is 0 Å². The highest BCUT2D eigenvalue weighted by Gasteiger charge is 2.75. The number of ether oxygens (including phenoxy) is 4. The van der Waals surface area contributed by atoms with Gasteiger partial charge in [0.2, 0.25) is 5.79 Å². The number of carbonyl (C=O) groups is 4. The normalized spacial score (nSPS) is 48.5. The monoisotopic (exact) mass is 544 g/mol. The molecular formula is C29H36O10. The molecule has 2 bridgehead atoms. The molecule has 0 aromatic rings. The van der Waals surface area contributed by atoms with Crippen LogP contribution in [0.25, 0.3) is 0 Å². The average molecular weight is 545 g/mol. The third-order valence-electron chi connectivity index (χ3n) is 10.3. The van der Waals surface area contributed by atoms with E-state index in [1.807, 2.05) is 6.92 Å². The number of fused-ring (bicyclic) bond motifs is 1. The number of Topliss-reactive ketones (excluding diaryl/α,β-unsaturated/α-hetero) is 2. The van der Waals surface area contributed by atoms with Crippen molar-refractivity contribution in [2.75, 3.05) is 6.61 Å². The summed E-state index contributed by atoms with van der Waals surface area (Å²) in [5.41, 5.74) is -3.91. The number of ketones is 2. The lowest BCUT2D eigenvalue weighted by Gasteiger charge is -2.43. The largest absolute Gasteiger partial charge is 0.456 e. The molecule has 5 aliphatic heterocycles. The zero-order valence-corrected chi connectivity index (χ0v) is 22.8. The molecule has 1 aliphatic carbocycles. The summed E-state index contributed by atoms with van der Waals surface area (Å²) in [5, 5.41) is 21.7. The topological polar surface area (TPSA) is 146 Å². The summed E-state index contributed by atoms with van der Waals surface area (Å²) in [6, 6.07) is 0. The molecule has 39 heavy (non-hydrogen) atoms. The lowest BCUT2D eigenvalue weighted by molar-refractivity contribution is -0.232. The highest BCUT2D eigenvalue weighted by atomic mass is 16.7. The Hall–Kier alpha value is -2.40. The van der Waals surface area contributed by atoms with Gasteiger partial charge in [0.1, 0.15) is 23.2 Å². The molecule has 6 rings (SSSR count). The van der Waals surface area contributed by atoms with Crippen molar-refractivity contribution in [2.24, 2.45) is 23.2 Å². The predicted molar refractivity (Wildman–Crippen MR) is 132 cm³/mol. The minimum absolute atomic E-state index is 0.0253. The maximum Gasteiger partial charge on any atom is 0.339 e. The molecule has 212 valence electrons. The van der Waals surface area contributed by atoms with Crippen LogP contribution in [-0.4, -0.2) is 69.0 Å². The second-order valence-electron chi connectivity index (χ2n) is 13.1. The number of carbonyl (C=O) groups excluding carboxylic acids is 4. The Bertz CT molecular complexity index is 1240. The fourth-order valence-corrected chi connectivity index (χ4v) is 8.54. The molecule has 0 aromatic carbocycles. The molecule has 5 fully saturated rings. The Labute approximate surface area is 226 Å². The summed E-state index contributed by atoms with van der Waals surface area (Å²) in [7, 11) is 0. The van der Waals surface area contributed by atoms with Gasteiger partial charge in [0, 0.05) is 35.7 Å². The van der Waals surface area contributed by atoms with Crippen LogP contribution in [0.3, 0.4) is 0 Å². The number of cyclic esters (lactones) is 1. The number of hydrogen-bond acceptors (Lipinski definition) is 10. The third kappa shape index (κ3) is 3.67. The van der Waals surface area contributed by atoms with Gasteiger partial charge in [0.25, 0.3) is 0 Å². The van der Waals surface area contributed by atoms with Gasteiger partial charge in [-0.25, -0.2) is 4.79 Å². The van der Waals surface area contributed by atoms with Crippen molar-refractivity contribution in [3.8, 4) is 0 Å². The van der Waals surface area contributed by atoms with E-state index in [4.69, 9.17) is 18.9 Å². The van der Waals surface area contributed by atoms with Crippen LogP contribution >= 0.6 is 0 Å². The maximum atomic E-state index is 14.0. The second kappa shape index (κ2) is 8.31. The summed E-state index contributed by atoms with van der Waals surface area (Å²) < 4.78 is 23.9. The first kappa shape index (κ1) is 26.8. The first-order valence-electron chi connectivity index (χ1n) is 13.8. The van der Waals surface area contributed by atoms with Crippen LogP contribution < -0.4 is 0 Å². The minimum atomic E-state index is -2.04. The summed E-state index contributed by atoms with van der Waals surface area (Å²) >= 11 is 0. The predicted octanol–water partition coefficient (Wildman–Crippen LogP) is 2.05. The van der Waals surface area contributed by atoms with Crippen LogP contribution in [-0.2, 0) is 38.1 Å². The van der Waals surface area contributed by atoms with Gasteiger partial charge < -0.3 is 29.2 Å². The van der Waals surface area contributed by atoms with E-state index in [0.717, 1.165) is 0 Å². The first-order valence-corrected chi connectivity index (χ1v) is 13.8. The standard InChI is InChI=1S/C29H36O10/c1-15(9-17-10-16(2)24(34)36-17)22(32)25(3)7-8-29(35)23(33)18-5-6-19-26(4,14-30)37-20-11-21(31)38-28(19,20)13-27(18,12-25)39-29/h9-10,15,18-20,30,35H,5-8,11-14H2,1-4H3/b17-9-/t15-,18+,19+,20-,25-,26+,27+,28-,29+/m1/s1. The Morgan fingerprint density at radius 2 is 1.92 bits per heavy atom. The molecule has 10 heteroatoms. The smallest absolute Gasteiger partial charge is 0.339 e. The van der Waals surface area contributed by atoms with Gasteiger partial charge >= 0.3 is 11.9 Å². The Morgan fingerprint density at radius 1 is 1.18 bits per heavy atom. The van der Waals surface area contributed by atoms with Gasteiger partial charge in [-0.05, 0) is 51.7 Å².